The first-order valence-electron chi connectivity index (χ1n) is 5.89. The molecule has 0 saturated carbocycles. The van der Waals surface area contributed by atoms with Crippen molar-refractivity contribution in [1.29, 1.82) is 0 Å². The fourth-order valence-electron chi connectivity index (χ4n) is 1.85. The maximum atomic E-state index is 5.81. The number of hydrogen-bond acceptors (Lipinski definition) is 2. The molecule has 2 heteroatoms. The van der Waals surface area contributed by atoms with Crippen LogP contribution in [0.25, 0.3) is 6.08 Å². The predicted octanol–water partition coefficient (Wildman–Crippen LogP) is 3.63. The molecule has 1 heterocycles. The van der Waals surface area contributed by atoms with E-state index in [0.717, 1.165) is 30.8 Å². The number of rotatable bonds is 3. The molecular weight excluding hydrogens is 200 g/mol. The fourth-order valence-corrected chi connectivity index (χ4v) is 1.85. The molecule has 16 heavy (non-hydrogen) atoms. The molecule has 0 aromatic heterocycles. The fraction of sp³-hybridized carbons (Fsp3) is 0.429. The van der Waals surface area contributed by atoms with Gasteiger partial charge in [0.2, 0.25) is 0 Å². The lowest BCUT2D eigenvalue weighted by Crippen LogP contribution is -2.19. The van der Waals surface area contributed by atoms with Crippen LogP contribution < -0.4 is 4.74 Å². The highest BCUT2D eigenvalue weighted by Gasteiger charge is 2.13. The molecule has 1 saturated heterocycles. The second-order valence-electron chi connectivity index (χ2n) is 4.04. The molecule has 86 valence electrons. The topological polar surface area (TPSA) is 18.5 Å². The minimum Gasteiger partial charge on any atom is -0.465 e. The third-order valence-electron chi connectivity index (χ3n) is 2.75. The van der Waals surface area contributed by atoms with E-state index in [1.807, 2.05) is 30.3 Å². The van der Waals surface area contributed by atoms with Crippen molar-refractivity contribution in [3.63, 3.8) is 0 Å². The van der Waals surface area contributed by atoms with E-state index in [1.54, 1.807) is 0 Å². The third-order valence-corrected chi connectivity index (χ3v) is 2.75. The molecule has 0 N–H and O–H groups in total. The number of ether oxygens (including phenoxy) is 2. The normalized spacial score (nSPS) is 21.1. The molecule has 2 nitrogen and oxygen atoms in total. The Balaban J connectivity index is 1.98. The zero-order chi connectivity index (χ0) is 11.2. The van der Waals surface area contributed by atoms with Gasteiger partial charge in [0.25, 0.3) is 0 Å². The number of benzene rings is 1. The van der Waals surface area contributed by atoms with Crippen LogP contribution in [-0.2, 0) is 4.74 Å². The van der Waals surface area contributed by atoms with Gasteiger partial charge in [-0.15, -0.1) is 0 Å². The Morgan fingerprint density at radius 2 is 2.25 bits per heavy atom. The Kier molecular flexibility index (Phi) is 4.00. The van der Waals surface area contributed by atoms with E-state index in [1.165, 1.54) is 12.8 Å². The Labute approximate surface area is 96.9 Å². The summed E-state index contributed by atoms with van der Waals surface area (Å²) in [5.41, 5.74) is 1.08. The molecule has 0 aliphatic carbocycles. The smallest absolute Gasteiger partial charge is 0.199 e. The van der Waals surface area contributed by atoms with Gasteiger partial charge in [0.05, 0.1) is 6.61 Å². The van der Waals surface area contributed by atoms with Crippen LogP contribution in [0.15, 0.2) is 30.8 Å². The molecule has 2 rings (SSSR count). The molecule has 1 atom stereocenters. The Morgan fingerprint density at radius 3 is 3.12 bits per heavy atom. The highest BCUT2D eigenvalue weighted by molar-refractivity contribution is 5.49. The molecule has 1 fully saturated rings. The maximum absolute atomic E-state index is 5.81. The molecule has 0 amide bonds. The molecule has 1 aromatic carbocycles. The van der Waals surface area contributed by atoms with Crippen molar-refractivity contribution >= 4 is 6.08 Å². The van der Waals surface area contributed by atoms with E-state index in [-0.39, 0.29) is 6.29 Å². The average Bonchev–Trinajstić information content (AvgIpc) is 2.58. The summed E-state index contributed by atoms with van der Waals surface area (Å²) in [6.45, 7) is 4.56. The molecule has 1 aromatic rings. The third kappa shape index (κ3) is 3.11. The van der Waals surface area contributed by atoms with E-state index in [0.29, 0.717) is 0 Å². The van der Waals surface area contributed by atoms with Crippen molar-refractivity contribution in [2.24, 2.45) is 0 Å². The molecular formula is C14H18O2. The number of hydrogen-bond donors (Lipinski definition) is 0. The van der Waals surface area contributed by atoms with Crippen molar-refractivity contribution in [3.05, 3.63) is 36.4 Å². The maximum Gasteiger partial charge on any atom is 0.199 e. The average molecular weight is 218 g/mol. The van der Waals surface area contributed by atoms with Crippen molar-refractivity contribution in [2.75, 3.05) is 6.61 Å². The first-order valence-corrected chi connectivity index (χ1v) is 5.89. The lowest BCUT2D eigenvalue weighted by molar-refractivity contribution is -0.0768. The van der Waals surface area contributed by atoms with Crippen molar-refractivity contribution in [2.45, 2.75) is 32.0 Å². The SMILES string of the molecule is C=Cc1cccc(OC2CCCCCO2)c1. The van der Waals surface area contributed by atoms with Gasteiger partial charge in [-0.25, -0.2) is 0 Å². The monoisotopic (exact) mass is 218 g/mol. The van der Waals surface area contributed by atoms with Crippen LogP contribution in [0.5, 0.6) is 5.75 Å². The van der Waals surface area contributed by atoms with E-state index >= 15 is 0 Å². The van der Waals surface area contributed by atoms with Crippen LogP contribution in [0, 0.1) is 0 Å². The van der Waals surface area contributed by atoms with Crippen LogP contribution >= 0.6 is 0 Å². The van der Waals surface area contributed by atoms with Gasteiger partial charge >= 0.3 is 0 Å². The highest BCUT2D eigenvalue weighted by atomic mass is 16.7. The minimum atomic E-state index is -0.0810. The standard InChI is InChI=1S/C14H18O2/c1-2-12-7-6-8-13(11-12)16-14-9-4-3-5-10-15-14/h2,6-8,11,14H,1,3-5,9-10H2. The molecule has 0 radical (unpaired) electrons. The summed E-state index contributed by atoms with van der Waals surface area (Å²) in [5.74, 6) is 0.865. The summed E-state index contributed by atoms with van der Waals surface area (Å²) in [7, 11) is 0. The quantitative estimate of drug-likeness (QED) is 0.771. The van der Waals surface area contributed by atoms with Gasteiger partial charge in [-0.1, -0.05) is 31.2 Å². The molecule has 0 spiro atoms. The largest absolute Gasteiger partial charge is 0.465 e. The van der Waals surface area contributed by atoms with Gasteiger partial charge in [-0.05, 0) is 30.5 Å². The van der Waals surface area contributed by atoms with Gasteiger partial charge < -0.3 is 9.47 Å². The summed E-state index contributed by atoms with van der Waals surface area (Å²) in [4.78, 5) is 0. The van der Waals surface area contributed by atoms with Gasteiger partial charge in [-0.3, -0.25) is 0 Å². The van der Waals surface area contributed by atoms with Crippen LogP contribution in [0.2, 0.25) is 0 Å². The van der Waals surface area contributed by atoms with Crippen LogP contribution in [0.3, 0.4) is 0 Å². The van der Waals surface area contributed by atoms with E-state index in [2.05, 4.69) is 6.58 Å². The second-order valence-corrected chi connectivity index (χ2v) is 4.04. The van der Waals surface area contributed by atoms with Crippen LogP contribution in [-0.4, -0.2) is 12.9 Å². The van der Waals surface area contributed by atoms with Crippen molar-refractivity contribution < 1.29 is 9.47 Å². The first-order chi connectivity index (χ1) is 7.88. The Morgan fingerprint density at radius 1 is 1.31 bits per heavy atom. The molecule has 0 bridgehead atoms. The lowest BCUT2D eigenvalue weighted by atomic mass is 10.2. The van der Waals surface area contributed by atoms with Crippen molar-refractivity contribution in [3.8, 4) is 5.75 Å². The highest BCUT2D eigenvalue weighted by Crippen LogP contribution is 2.20. The Hall–Kier alpha value is -1.28. The summed E-state index contributed by atoms with van der Waals surface area (Å²) >= 11 is 0. The summed E-state index contributed by atoms with van der Waals surface area (Å²) in [6, 6.07) is 7.93. The van der Waals surface area contributed by atoms with Crippen molar-refractivity contribution in [1.82, 2.24) is 0 Å². The van der Waals surface area contributed by atoms with Crippen LogP contribution in [0.4, 0.5) is 0 Å². The van der Waals surface area contributed by atoms with E-state index < -0.39 is 0 Å². The summed E-state index contributed by atoms with van der Waals surface area (Å²) < 4.78 is 11.4. The minimum absolute atomic E-state index is 0.0810. The first kappa shape index (κ1) is 11.2. The van der Waals surface area contributed by atoms with Gasteiger partial charge in [0.15, 0.2) is 6.29 Å². The summed E-state index contributed by atoms with van der Waals surface area (Å²) in [5, 5.41) is 0. The Bertz CT molecular complexity index is 338. The second kappa shape index (κ2) is 5.71. The zero-order valence-corrected chi connectivity index (χ0v) is 9.52. The van der Waals surface area contributed by atoms with Gasteiger partial charge in [-0.2, -0.15) is 0 Å². The van der Waals surface area contributed by atoms with Crippen LogP contribution in [0.1, 0.15) is 31.2 Å². The molecule has 1 unspecified atom stereocenters. The lowest BCUT2D eigenvalue weighted by Gasteiger charge is -2.17. The predicted molar refractivity (Wildman–Crippen MR) is 65.4 cm³/mol. The van der Waals surface area contributed by atoms with Gasteiger partial charge in [0.1, 0.15) is 5.75 Å². The summed E-state index contributed by atoms with van der Waals surface area (Å²) in [6.07, 6.45) is 6.30. The van der Waals surface area contributed by atoms with E-state index in [4.69, 9.17) is 9.47 Å². The molecule has 1 aliphatic rings. The van der Waals surface area contributed by atoms with Gasteiger partial charge in [0, 0.05) is 6.42 Å². The zero-order valence-electron chi connectivity index (χ0n) is 9.52. The van der Waals surface area contributed by atoms with E-state index in [9.17, 15) is 0 Å². The molecule has 1 aliphatic heterocycles.